The first-order valence-electron chi connectivity index (χ1n) is 36.9. The van der Waals surface area contributed by atoms with Crippen molar-refractivity contribution in [2.75, 3.05) is 0 Å². The molecule has 0 amide bonds. The average Bonchev–Trinajstić information content (AvgIpc) is 0.814. The maximum Gasteiger partial charge on any atom is 0.573 e. The molecule has 0 saturated heterocycles. The Morgan fingerprint density at radius 3 is 1.16 bits per heavy atom. The molecule has 7 aromatic rings. The number of aromatic nitrogens is 8. The quantitative estimate of drug-likeness (QED) is 0.0217. The van der Waals surface area contributed by atoms with Gasteiger partial charge in [-0.3, -0.25) is 18.7 Å². The van der Waals surface area contributed by atoms with Crippen LogP contribution in [-0.2, 0) is 0 Å². The van der Waals surface area contributed by atoms with Crippen molar-refractivity contribution in [3.05, 3.63) is 193 Å². The Labute approximate surface area is 671 Å². The number of rotatable bonds is 35. The summed E-state index contributed by atoms with van der Waals surface area (Å²) in [5.74, 6) is -0.685. The van der Waals surface area contributed by atoms with E-state index in [2.05, 4.69) is 137 Å². The van der Waals surface area contributed by atoms with E-state index < -0.39 is 66.7 Å². The summed E-state index contributed by atoms with van der Waals surface area (Å²) in [6.45, 7) is 24.2. The van der Waals surface area contributed by atoms with E-state index in [-0.39, 0.29) is 59.8 Å². The molecular weight excluding hydrogens is 1790 g/mol. The molecule has 0 fully saturated rings. The van der Waals surface area contributed by atoms with Crippen LogP contribution in [0.5, 0.6) is 11.5 Å². The Morgan fingerprint density at radius 1 is 0.481 bits per heavy atom. The topological polar surface area (TPSA) is 192 Å². The van der Waals surface area contributed by atoms with Crippen molar-refractivity contribution in [2.24, 2.45) is 11.5 Å². The summed E-state index contributed by atoms with van der Waals surface area (Å²) in [4.78, 5) is 24.1. The largest absolute Gasteiger partial charge is 0.573 e. The third-order valence-electron chi connectivity index (χ3n) is 17.8. The number of benzene rings is 2. The van der Waals surface area contributed by atoms with E-state index in [9.17, 15) is 35.9 Å². The minimum absolute atomic E-state index is 0. The molecule has 2 aromatic carbocycles. The van der Waals surface area contributed by atoms with Crippen LogP contribution < -0.4 is 35.6 Å². The molecule has 14 nitrogen and oxygen atoms in total. The monoisotopic (exact) mass is 1920 g/mol. The number of ether oxygens (including phenoxy) is 2. The number of pyridine rings is 2. The molecule has 0 spiro atoms. The molecule has 0 aliphatic rings. The van der Waals surface area contributed by atoms with Crippen molar-refractivity contribution in [2.45, 2.75) is 282 Å². The Balaban J connectivity index is -0.000000612. The number of halogens is 8. The summed E-state index contributed by atoms with van der Waals surface area (Å²) in [7, 11) is 6.89. The molecule has 0 bridgehead atoms. The molecule has 0 aliphatic carbocycles. The fraction of sp³-hybridized carbons (Fsp3) is 0.542. The van der Waals surface area contributed by atoms with Crippen LogP contribution in [-0.4, -0.2) is 106 Å². The smallest absolute Gasteiger partial charge is 0.406 e. The summed E-state index contributed by atoms with van der Waals surface area (Å²) in [5, 5.41) is 22.8. The molecule has 0 unspecified atom stereocenters. The predicted octanol–water partition coefficient (Wildman–Crippen LogP) is 25.8. The van der Waals surface area contributed by atoms with Gasteiger partial charge >= 0.3 is 359 Å². The number of unbranched alkanes of at least 4 members (excludes halogenated alkanes) is 9. The molecule has 5 heterocycles. The number of nitrogens with two attached hydrogens (primary N) is 2. The minimum Gasteiger partial charge on any atom is -0.406 e. The Hall–Kier alpha value is -4.99. The van der Waals surface area contributed by atoms with Crippen LogP contribution in [0, 0.1) is 13.8 Å². The number of alkyl halides is 6. The van der Waals surface area contributed by atoms with Crippen LogP contribution in [0.1, 0.15) is 226 Å². The maximum atomic E-state index is 12.3. The summed E-state index contributed by atoms with van der Waals surface area (Å²) in [5.41, 5.74) is 15.0. The standard InChI is InChI=1S/C17H12F3N3O2.C13H9BrF3NO2.C4H4N2.C4H3N2.C4H7N2.9C4H9.5CH4.ClH.3Sn/c1-11-8-16(24)23(10-15(11)12-6-7-21-22-9-12)13-2-4-14(5-3-13)25-17(18,19)20;1-8-6-12(19)18(7-11(8)14)9-2-4-10(5-3-9)20-13(15,16)17;2*1-2-4-6-5-3-1;5-3-1-2-4-6;9*1-3-4-2;;;;;;;;;/h2-10H,1H3;2-7H,1H3;1-4H;1,3-4H;1,3-4H,5-6H2;9*1,3-4H2,2H3;5*1H4;1H;;;/q;;;;;;;;;;;;;;;;;;;;;;+1/p-1/b;;;;3-1-,4-2?;;;;;;;;;;;;;;;;;;. The first-order valence-corrected chi connectivity index (χ1v) is 62.3. The van der Waals surface area contributed by atoms with Crippen LogP contribution in [0.25, 0.3) is 22.5 Å². The molecule has 4 N–H and O–H groups in total. The van der Waals surface area contributed by atoms with Crippen LogP contribution in [0.15, 0.2) is 171 Å². The van der Waals surface area contributed by atoms with Gasteiger partial charge in [-0.1, -0.05) is 37.1 Å². The Kier molecular flexibility index (Phi) is 62.3. The van der Waals surface area contributed by atoms with Gasteiger partial charge in [0.05, 0.1) is 12.4 Å². The van der Waals surface area contributed by atoms with E-state index in [0.717, 1.165) is 51.0 Å². The van der Waals surface area contributed by atoms with E-state index in [0.29, 0.717) is 11.4 Å². The van der Waals surface area contributed by atoms with Crippen LogP contribution in [0.4, 0.5) is 26.3 Å². The zero-order valence-electron chi connectivity index (χ0n) is 62.9. The third kappa shape index (κ3) is 43.2. The van der Waals surface area contributed by atoms with Crippen LogP contribution >= 0.6 is 24.9 Å². The van der Waals surface area contributed by atoms with Gasteiger partial charge in [0.25, 0.3) is 11.1 Å². The molecule has 0 atom stereocenters. The van der Waals surface area contributed by atoms with E-state index in [1.807, 2.05) is 24.5 Å². The zero-order chi connectivity index (χ0) is 76.6. The predicted molar refractivity (Wildman–Crippen MR) is 459 cm³/mol. The molecule has 0 saturated carbocycles. The van der Waals surface area contributed by atoms with E-state index in [1.165, 1.54) is 211 Å². The fourth-order valence-electron chi connectivity index (χ4n) is 11.9. The van der Waals surface area contributed by atoms with Crippen molar-refractivity contribution in [1.29, 1.82) is 0 Å². The molecular formula is C83H136BrClF6N10O4Sn3. The van der Waals surface area contributed by atoms with Crippen LogP contribution in [0.2, 0.25) is 39.9 Å². The van der Waals surface area contributed by atoms with Gasteiger partial charge in [0.2, 0.25) is 0 Å². The van der Waals surface area contributed by atoms with E-state index in [1.54, 1.807) is 60.7 Å². The molecule has 0 aliphatic heterocycles. The molecule has 5 aromatic heterocycles. The maximum absolute atomic E-state index is 12.3. The number of nitrogens with zero attached hydrogens (tertiary/aromatic N) is 8. The van der Waals surface area contributed by atoms with Crippen molar-refractivity contribution < 1.29 is 35.8 Å². The minimum atomic E-state index is -4.76. The van der Waals surface area contributed by atoms with Gasteiger partial charge in [0, 0.05) is 63.9 Å². The fourth-order valence-corrected chi connectivity index (χ4v) is 56.9. The van der Waals surface area contributed by atoms with Crippen molar-refractivity contribution in [3.8, 4) is 34.0 Å². The van der Waals surface area contributed by atoms with E-state index in [4.69, 9.17) is 20.4 Å². The molecule has 108 heavy (non-hydrogen) atoms. The van der Waals surface area contributed by atoms with Crippen molar-refractivity contribution in [1.82, 2.24) is 39.7 Å². The molecule has 610 valence electrons. The summed E-state index contributed by atoms with van der Waals surface area (Å²) in [6.07, 6.45) is 34.0. The molecule has 0 radical (unpaired) electrons. The first-order chi connectivity index (χ1) is 49.3. The number of hydrogen-bond donors (Lipinski definition) is 2. The van der Waals surface area contributed by atoms with Gasteiger partial charge in [-0.05, 0) is 108 Å². The third-order valence-corrected chi connectivity index (χ3v) is 64.3. The number of allylic oxidation sites excluding steroid dienone is 2. The first kappa shape index (κ1) is 109. The van der Waals surface area contributed by atoms with Crippen molar-refractivity contribution >= 4 is 82.4 Å². The van der Waals surface area contributed by atoms with Gasteiger partial charge < -0.3 is 9.47 Å². The zero-order valence-corrected chi connectivity index (χ0v) is 73.8. The number of aryl methyl sites for hydroxylation is 2. The van der Waals surface area contributed by atoms with Gasteiger partial charge in [-0.2, -0.15) is 20.4 Å². The van der Waals surface area contributed by atoms with Crippen molar-refractivity contribution in [3.63, 3.8) is 0 Å². The number of hydrogen-bond acceptors (Lipinski definition) is 12. The average molecular weight is 1920 g/mol. The Morgan fingerprint density at radius 2 is 0.833 bits per heavy atom. The van der Waals surface area contributed by atoms with Crippen LogP contribution in [0.3, 0.4) is 0 Å². The SMILES string of the molecule is C.C.C.C.C.CCC[CH2][Sn]([CH2]CCC)([CH2]CCC)[C](/C=C\N)=C/N.CCC[CH2][Sn]([CH2]CCC)([CH2]CCC)[c]1ccnnc1.CCC[CH2][Sn]([Cl])([CH2]CCC)[CH2]CCC.Cc1cc(=O)n(-c2ccc(OC(F)(F)F)cc2)cc1-c1ccnnc1.Cc1cc(=O)n(-c2ccc(OC(F)(F)F)cc2)cc1Br.c1ccnnc1. The van der Waals surface area contributed by atoms with Gasteiger partial charge in [0.1, 0.15) is 11.5 Å². The van der Waals surface area contributed by atoms with Gasteiger partial charge in [-0.25, -0.2) is 0 Å². The second kappa shape index (κ2) is 61.6. The second-order valence-corrected chi connectivity index (χ2v) is 69.5. The molecule has 25 heteroatoms. The van der Waals surface area contributed by atoms with Gasteiger partial charge in [-0.15, -0.1) is 26.3 Å². The van der Waals surface area contributed by atoms with E-state index >= 15 is 0 Å². The normalized spacial score (nSPS) is 11.2. The summed E-state index contributed by atoms with van der Waals surface area (Å²) < 4.78 is 100. The Bertz CT molecular complexity index is 3460. The second-order valence-electron chi connectivity index (χ2n) is 26.0. The summed E-state index contributed by atoms with van der Waals surface area (Å²) in [6, 6.07) is 20.7. The van der Waals surface area contributed by atoms with Gasteiger partial charge in [0.15, 0.2) is 0 Å². The summed E-state index contributed by atoms with van der Waals surface area (Å²) >= 11 is -3.29. The molecule has 7 rings (SSSR count).